The fraction of sp³-hybridized carbons (Fsp3) is 0.148. The van der Waals surface area contributed by atoms with Crippen LogP contribution in [0.15, 0.2) is 91.1 Å². The molecule has 4 heteroatoms. The summed E-state index contributed by atoms with van der Waals surface area (Å²) in [7, 11) is 0. The van der Waals surface area contributed by atoms with Gasteiger partial charge in [-0.2, -0.15) is 0 Å². The Labute approximate surface area is 182 Å². The molecule has 4 aromatic rings. The Morgan fingerprint density at radius 3 is 2.35 bits per heavy atom. The van der Waals surface area contributed by atoms with Gasteiger partial charge in [0.15, 0.2) is 0 Å². The summed E-state index contributed by atoms with van der Waals surface area (Å²) in [5.74, 6) is 0. The number of aromatic nitrogens is 1. The zero-order valence-electron chi connectivity index (χ0n) is 17.7. The van der Waals surface area contributed by atoms with Crippen molar-refractivity contribution in [2.75, 3.05) is 5.32 Å². The number of aryl methyl sites for hydroxylation is 2. The number of benzene rings is 3. The lowest BCUT2D eigenvalue weighted by Crippen LogP contribution is -2.37. The van der Waals surface area contributed by atoms with E-state index >= 15 is 0 Å². The predicted molar refractivity (Wildman–Crippen MR) is 125 cm³/mol. The van der Waals surface area contributed by atoms with E-state index in [0.29, 0.717) is 6.54 Å². The van der Waals surface area contributed by atoms with Crippen molar-refractivity contribution >= 4 is 11.7 Å². The van der Waals surface area contributed by atoms with Crippen LogP contribution in [-0.2, 0) is 6.54 Å². The van der Waals surface area contributed by atoms with E-state index in [4.69, 9.17) is 0 Å². The van der Waals surface area contributed by atoms with Crippen LogP contribution in [0.4, 0.5) is 10.5 Å². The average Bonchev–Trinajstić information content (AvgIpc) is 3.18. The molecule has 0 radical (unpaired) electrons. The third-order valence-electron chi connectivity index (χ3n) is 5.81. The Balaban J connectivity index is 1.62. The standard InChI is InChI=1S/C27H25N3O/c1-19-15-20(2)17-23(16-19)28-27(31)30-18-22-11-6-7-12-24(22)29-14-8-13-25(29)26(30)21-9-4-3-5-10-21/h3-17,26H,18H2,1-2H3,(H,28,31). The lowest BCUT2D eigenvalue weighted by molar-refractivity contribution is 0.194. The molecule has 4 nitrogen and oxygen atoms in total. The summed E-state index contributed by atoms with van der Waals surface area (Å²) in [5, 5.41) is 3.15. The highest BCUT2D eigenvalue weighted by Crippen LogP contribution is 2.36. The molecule has 0 aliphatic carbocycles. The van der Waals surface area contributed by atoms with Crippen LogP contribution < -0.4 is 5.32 Å². The minimum atomic E-state index is -0.200. The monoisotopic (exact) mass is 407 g/mol. The molecule has 1 N–H and O–H groups in total. The number of nitrogens with one attached hydrogen (secondary N) is 1. The molecule has 0 saturated carbocycles. The van der Waals surface area contributed by atoms with Crippen LogP contribution in [-0.4, -0.2) is 15.5 Å². The summed E-state index contributed by atoms with van der Waals surface area (Å²) in [6.07, 6.45) is 2.08. The van der Waals surface area contributed by atoms with E-state index in [1.807, 2.05) is 67.3 Å². The first-order chi connectivity index (χ1) is 15.1. The summed E-state index contributed by atoms with van der Waals surface area (Å²) in [6, 6.07) is 28.5. The molecule has 1 unspecified atom stereocenters. The minimum Gasteiger partial charge on any atom is -0.318 e. The molecule has 1 atom stereocenters. The molecule has 0 spiro atoms. The Kier molecular flexibility index (Phi) is 4.83. The van der Waals surface area contributed by atoms with Crippen molar-refractivity contribution in [1.82, 2.24) is 9.47 Å². The number of anilines is 1. The summed E-state index contributed by atoms with van der Waals surface area (Å²) in [4.78, 5) is 15.6. The van der Waals surface area contributed by atoms with E-state index < -0.39 is 0 Å². The smallest absolute Gasteiger partial charge is 0.318 e. The number of amides is 2. The summed E-state index contributed by atoms with van der Waals surface area (Å²) in [6.45, 7) is 4.61. The SMILES string of the molecule is Cc1cc(C)cc(NC(=O)N2Cc3ccccc3-n3cccc3C2c2ccccc2)c1. The molecule has 1 aliphatic heterocycles. The van der Waals surface area contributed by atoms with Crippen molar-refractivity contribution in [3.63, 3.8) is 0 Å². The topological polar surface area (TPSA) is 37.3 Å². The maximum Gasteiger partial charge on any atom is 0.322 e. The first kappa shape index (κ1) is 19.2. The van der Waals surface area contributed by atoms with Gasteiger partial charge >= 0.3 is 6.03 Å². The van der Waals surface area contributed by atoms with Crippen LogP contribution in [0.25, 0.3) is 5.69 Å². The Morgan fingerprint density at radius 2 is 1.58 bits per heavy atom. The van der Waals surface area contributed by atoms with Gasteiger partial charge in [0.1, 0.15) is 0 Å². The minimum absolute atomic E-state index is 0.108. The highest BCUT2D eigenvalue weighted by molar-refractivity contribution is 5.90. The predicted octanol–water partition coefficient (Wildman–Crippen LogP) is 6.23. The lowest BCUT2D eigenvalue weighted by atomic mass is 10.0. The summed E-state index contributed by atoms with van der Waals surface area (Å²) < 4.78 is 2.21. The number of para-hydroxylation sites is 1. The van der Waals surface area contributed by atoms with Gasteiger partial charge in [-0.3, -0.25) is 0 Å². The number of urea groups is 1. The number of rotatable bonds is 2. The van der Waals surface area contributed by atoms with Gasteiger partial charge in [0, 0.05) is 17.6 Å². The zero-order chi connectivity index (χ0) is 21.4. The van der Waals surface area contributed by atoms with E-state index in [-0.39, 0.29) is 12.1 Å². The van der Waals surface area contributed by atoms with Crippen LogP contribution in [0.5, 0.6) is 0 Å². The first-order valence-electron chi connectivity index (χ1n) is 10.6. The normalized spacial score (nSPS) is 15.0. The lowest BCUT2D eigenvalue weighted by Gasteiger charge is -2.31. The van der Waals surface area contributed by atoms with Crippen molar-refractivity contribution in [3.05, 3.63) is 119 Å². The molecular formula is C27H25N3O. The molecule has 3 aromatic carbocycles. The van der Waals surface area contributed by atoms with Crippen LogP contribution in [0, 0.1) is 13.8 Å². The average molecular weight is 408 g/mol. The molecule has 31 heavy (non-hydrogen) atoms. The van der Waals surface area contributed by atoms with E-state index in [1.165, 1.54) is 0 Å². The van der Waals surface area contributed by atoms with Crippen LogP contribution in [0.3, 0.4) is 0 Å². The number of carbonyl (C=O) groups is 1. The molecular weight excluding hydrogens is 382 g/mol. The quantitative estimate of drug-likeness (QED) is 0.420. The number of fused-ring (bicyclic) bond motifs is 3. The van der Waals surface area contributed by atoms with Gasteiger partial charge in [0.05, 0.1) is 18.3 Å². The second-order valence-corrected chi connectivity index (χ2v) is 8.18. The Hall–Kier alpha value is -3.79. The fourth-order valence-corrected chi connectivity index (χ4v) is 4.57. The van der Waals surface area contributed by atoms with Crippen LogP contribution in [0.1, 0.15) is 34.0 Å². The molecule has 5 rings (SSSR count). The summed E-state index contributed by atoms with van der Waals surface area (Å²) in [5.41, 5.74) is 7.48. The molecule has 0 bridgehead atoms. The maximum atomic E-state index is 13.7. The number of hydrogen-bond acceptors (Lipinski definition) is 1. The highest BCUT2D eigenvalue weighted by atomic mass is 16.2. The van der Waals surface area contributed by atoms with Gasteiger partial charge in [-0.25, -0.2) is 4.79 Å². The maximum absolute atomic E-state index is 13.7. The van der Waals surface area contributed by atoms with Gasteiger partial charge in [-0.05, 0) is 66.4 Å². The Morgan fingerprint density at radius 1 is 0.871 bits per heavy atom. The fourth-order valence-electron chi connectivity index (χ4n) is 4.57. The highest BCUT2D eigenvalue weighted by Gasteiger charge is 2.32. The number of carbonyl (C=O) groups excluding carboxylic acids is 1. The largest absolute Gasteiger partial charge is 0.322 e. The van der Waals surface area contributed by atoms with Gasteiger partial charge in [-0.1, -0.05) is 54.6 Å². The van der Waals surface area contributed by atoms with Gasteiger partial charge in [-0.15, -0.1) is 0 Å². The Bertz CT molecular complexity index is 1220. The molecule has 2 heterocycles. The van der Waals surface area contributed by atoms with E-state index in [2.05, 4.69) is 52.5 Å². The zero-order valence-corrected chi connectivity index (χ0v) is 17.7. The number of hydrogen-bond donors (Lipinski definition) is 1. The van der Waals surface area contributed by atoms with Crippen molar-refractivity contribution < 1.29 is 4.79 Å². The van der Waals surface area contributed by atoms with E-state index in [0.717, 1.165) is 39.3 Å². The van der Waals surface area contributed by atoms with Crippen molar-refractivity contribution in [2.24, 2.45) is 0 Å². The summed E-state index contributed by atoms with van der Waals surface area (Å²) >= 11 is 0. The third-order valence-corrected chi connectivity index (χ3v) is 5.81. The van der Waals surface area contributed by atoms with E-state index in [9.17, 15) is 4.79 Å². The second kappa shape index (κ2) is 7.80. The number of nitrogens with zero attached hydrogens (tertiary/aromatic N) is 2. The molecule has 0 saturated heterocycles. The van der Waals surface area contributed by atoms with Crippen molar-refractivity contribution in [1.29, 1.82) is 0 Å². The third kappa shape index (κ3) is 3.61. The van der Waals surface area contributed by atoms with Crippen molar-refractivity contribution in [2.45, 2.75) is 26.4 Å². The molecule has 1 aliphatic rings. The van der Waals surface area contributed by atoms with Gasteiger partial charge in [0.25, 0.3) is 0 Å². The molecule has 0 fully saturated rings. The first-order valence-corrected chi connectivity index (χ1v) is 10.6. The molecule has 1 aromatic heterocycles. The second-order valence-electron chi connectivity index (χ2n) is 8.18. The van der Waals surface area contributed by atoms with Crippen LogP contribution in [0.2, 0.25) is 0 Å². The van der Waals surface area contributed by atoms with Crippen molar-refractivity contribution in [3.8, 4) is 5.69 Å². The van der Waals surface area contributed by atoms with Crippen LogP contribution >= 0.6 is 0 Å². The molecule has 2 amide bonds. The van der Waals surface area contributed by atoms with Gasteiger partial charge in [0.2, 0.25) is 0 Å². The molecule has 154 valence electrons. The van der Waals surface area contributed by atoms with E-state index in [1.54, 1.807) is 0 Å². The van der Waals surface area contributed by atoms with Gasteiger partial charge < -0.3 is 14.8 Å².